The predicted molar refractivity (Wildman–Crippen MR) is 95.4 cm³/mol. The Bertz CT molecular complexity index is 537. The number of piperidine rings is 1. The van der Waals surface area contributed by atoms with E-state index >= 15 is 0 Å². The van der Waals surface area contributed by atoms with Crippen molar-refractivity contribution in [3.63, 3.8) is 0 Å². The molecule has 1 aromatic carbocycles. The Labute approximate surface area is 144 Å². The number of carbonyl (C=O) groups is 2. The van der Waals surface area contributed by atoms with Gasteiger partial charge in [-0.1, -0.05) is 44.2 Å². The van der Waals surface area contributed by atoms with E-state index in [9.17, 15) is 9.59 Å². The first-order valence-electron chi connectivity index (χ1n) is 8.79. The minimum Gasteiger partial charge on any atom is -0.359 e. The summed E-state index contributed by atoms with van der Waals surface area (Å²) in [5.41, 5.74) is 1.14. The Morgan fingerprint density at radius 3 is 2.33 bits per heavy atom. The van der Waals surface area contributed by atoms with Gasteiger partial charge in [-0.2, -0.15) is 0 Å². The van der Waals surface area contributed by atoms with Gasteiger partial charge in [0.15, 0.2) is 0 Å². The zero-order chi connectivity index (χ0) is 17.5. The van der Waals surface area contributed by atoms with Crippen molar-refractivity contribution in [2.75, 3.05) is 26.7 Å². The van der Waals surface area contributed by atoms with Crippen molar-refractivity contribution in [3.8, 4) is 0 Å². The molecule has 0 aromatic heterocycles. The Kier molecular flexibility index (Phi) is 6.79. The zero-order valence-corrected chi connectivity index (χ0v) is 14.9. The molecule has 2 amide bonds. The van der Waals surface area contributed by atoms with E-state index in [4.69, 9.17) is 0 Å². The first kappa shape index (κ1) is 18.5. The van der Waals surface area contributed by atoms with Gasteiger partial charge < -0.3 is 10.6 Å². The van der Waals surface area contributed by atoms with Crippen LogP contribution in [0.15, 0.2) is 30.3 Å². The minimum atomic E-state index is 0.0297. The molecule has 0 radical (unpaired) electrons. The number of nitrogens with one attached hydrogen (secondary N) is 2. The first-order chi connectivity index (χ1) is 11.5. The highest BCUT2D eigenvalue weighted by atomic mass is 16.2. The van der Waals surface area contributed by atoms with Crippen LogP contribution in [0.4, 0.5) is 0 Å². The lowest BCUT2D eigenvalue weighted by atomic mass is 9.95. The highest BCUT2D eigenvalue weighted by molar-refractivity contribution is 5.79. The maximum Gasteiger partial charge on any atom is 0.234 e. The van der Waals surface area contributed by atoms with Crippen molar-refractivity contribution in [3.05, 3.63) is 35.9 Å². The third-order valence-corrected chi connectivity index (χ3v) is 4.71. The van der Waals surface area contributed by atoms with Gasteiger partial charge in [0.05, 0.1) is 12.6 Å². The van der Waals surface area contributed by atoms with Gasteiger partial charge in [0.2, 0.25) is 11.8 Å². The average Bonchev–Trinajstić information content (AvgIpc) is 2.60. The maximum absolute atomic E-state index is 12.4. The summed E-state index contributed by atoms with van der Waals surface area (Å²) >= 11 is 0. The van der Waals surface area contributed by atoms with Gasteiger partial charge >= 0.3 is 0 Å². The second-order valence-electron chi connectivity index (χ2n) is 6.86. The summed E-state index contributed by atoms with van der Waals surface area (Å²) in [6.07, 6.45) is 1.64. The first-order valence-corrected chi connectivity index (χ1v) is 8.79. The van der Waals surface area contributed by atoms with Crippen LogP contribution in [0.5, 0.6) is 0 Å². The number of nitrogens with zero attached hydrogens (tertiary/aromatic N) is 1. The molecule has 0 bridgehead atoms. The monoisotopic (exact) mass is 331 g/mol. The van der Waals surface area contributed by atoms with E-state index in [-0.39, 0.29) is 23.8 Å². The summed E-state index contributed by atoms with van der Waals surface area (Å²) in [4.78, 5) is 26.2. The molecule has 1 atom stereocenters. The molecule has 0 spiro atoms. The number of amides is 2. The average molecular weight is 331 g/mol. The molecule has 132 valence electrons. The molecule has 1 fully saturated rings. The topological polar surface area (TPSA) is 61.4 Å². The SMILES string of the molecule is CNC(=O)C1CCN(CC(=O)NC(c2ccccc2)C(C)C)CC1. The minimum absolute atomic E-state index is 0.0297. The largest absolute Gasteiger partial charge is 0.359 e. The molecule has 1 unspecified atom stereocenters. The van der Waals surface area contributed by atoms with Gasteiger partial charge in [0.25, 0.3) is 0 Å². The van der Waals surface area contributed by atoms with Gasteiger partial charge in [-0.05, 0) is 37.4 Å². The number of hydrogen-bond acceptors (Lipinski definition) is 3. The highest BCUT2D eigenvalue weighted by Crippen LogP contribution is 2.21. The summed E-state index contributed by atoms with van der Waals surface area (Å²) in [6, 6.07) is 10.1. The fraction of sp³-hybridized carbons (Fsp3) is 0.579. The fourth-order valence-electron chi connectivity index (χ4n) is 3.27. The zero-order valence-electron chi connectivity index (χ0n) is 14.9. The number of carbonyl (C=O) groups excluding carboxylic acids is 2. The lowest BCUT2D eigenvalue weighted by Gasteiger charge is -2.31. The third-order valence-electron chi connectivity index (χ3n) is 4.71. The lowest BCUT2D eigenvalue weighted by molar-refractivity contribution is -0.126. The number of hydrogen-bond donors (Lipinski definition) is 2. The Morgan fingerprint density at radius 1 is 1.17 bits per heavy atom. The molecule has 2 rings (SSSR count). The molecular formula is C19H29N3O2. The number of rotatable bonds is 6. The van der Waals surface area contributed by atoms with Crippen LogP contribution in [-0.4, -0.2) is 43.4 Å². The van der Waals surface area contributed by atoms with Crippen LogP contribution < -0.4 is 10.6 Å². The van der Waals surface area contributed by atoms with Crippen molar-refractivity contribution < 1.29 is 9.59 Å². The van der Waals surface area contributed by atoms with Crippen molar-refractivity contribution in [1.82, 2.24) is 15.5 Å². The van der Waals surface area contributed by atoms with E-state index < -0.39 is 0 Å². The van der Waals surface area contributed by atoms with E-state index in [1.807, 2.05) is 18.2 Å². The molecule has 5 nitrogen and oxygen atoms in total. The van der Waals surface area contributed by atoms with Crippen LogP contribution in [0, 0.1) is 11.8 Å². The molecule has 0 aliphatic carbocycles. The Morgan fingerprint density at radius 2 is 1.79 bits per heavy atom. The second kappa shape index (κ2) is 8.83. The molecule has 1 saturated heterocycles. The normalized spacial score (nSPS) is 17.5. The van der Waals surface area contributed by atoms with E-state index in [2.05, 4.69) is 41.5 Å². The van der Waals surface area contributed by atoms with Crippen molar-refractivity contribution in [1.29, 1.82) is 0 Å². The number of likely N-dealkylation sites (tertiary alicyclic amines) is 1. The summed E-state index contributed by atoms with van der Waals surface area (Å²) in [6.45, 7) is 6.22. The molecule has 1 heterocycles. The van der Waals surface area contributed by atoms with Crippen LogP contribution in [0.2, 0.25) is 0 Å². The number of benzene rings is 1. The Balaban J connectivity index is 1.85. The third kappa shape index (κ3) is 5.06. The van der Waals surface area contributed by atoms with Gasteiger partial charge in [0.1, 0.15) is 0 Å². The standard InChI is InChI=1S/C19H29N3O2/c1-14(2)18(15-7-5-4-6-8-15)21-17(23)13-22-11-9-16(10-12-22)19(24)20-3/h4-8,14,16,18H,9-13H2,1-3H3,(H,20,24)(H,21,23). The van der Waals surface area contributed by atoms with Crippen LogP contribution in [0.25, 0.3) is 0 Å². The summed E-state index contributed by atoms with van der Waals surface area (Å²) in [5, 5.41) is 5.88. The molecule has 1 aliphatic rings. The summed E-state index contributed by atoms with van der Waals surface area (Å²) < 4.78 is 0. The molecule has 1 aromatic rings. The highest BCUT2D eigenvalue weighted by Gasteiger charge is 2.26. The lowest BCUT2D eigenvalue weighted by Crippen LogP contribution is -2.45. The van der Waals surface area contributed by atoms with Crippen molar-refractivity contribution in [2.45, 2.75) is 32.7 Å². The van der Waals surface area contributed by atoms with Crippen LogP contribution in [-0.2, 0) is 9.59 Å². The maximum atomic E-state index is 12.4. The second-order valence-corrected chi connectivity index (χ2v) is 6.86. The molecule has 0 saturated carbocycles. The molecule has 5 heteroatoms. The van der Waals surface area contributed by atoms with Gasteiger partial charge in [-0.25, -0.2) is 0 Å². The van der Waals surface area contributed by atoms with Crippen molar-refractivity contribution >= 4 is 11.8 Å². The van der Waals surface area contributed by atoms with Gasteiger partial charge in [-0.15, -0.1) is 0 Å². The Hall–Kier alpha value is -1.88. The van der Waals surface area contributed by atoms with E-state index in [0.717, 1.165) is 31.5 Å². The smallest absolute Gasteiger partial charge is 0.234 e. The van der Waals surface area contributed by atoms with Crippen molar-refractivity contribution in [2.24, 2.45) is 11.8 Å². The predicted octanol–water partition coefficient (Wildman–Crippen LogP) is 1.96. The molecular weight excluding hydrogens is 302 g/mol. The van der Waals surface area contributed by atoms with Crippen LogP contribution in [0.1, 0.15) is 38.3 Å². The summed E-state index contributed by atoms with van der Waals surface area (Å²) in [7, 11) is 1.68. The molecule has 2 N–H and O–H groups in total. The van der Waals surface area contributed by atoms with Crippen LogP contribution in [0.3, 0.4) is 0 Å². The quantitative estimate of drug-likeness (QED) is 0.838. The van der Waals surface area contributed by atoms with E-state index in [1.165, 1.54) is 0 Å². The van der Waals surface area contributed by atoms with Crippen LogP contribution >= 0.6 is 0 Å². The fourth-order valence-corrected chi connectivity index (χ4v) is 3.27. The van der Waals surface area contributed by atoms with E-state index in [0.29, 0.717) is 12.5 Å². The van der Waals surface area contributed by atoms with Gasteiger partial charge in [0, 0.05) is 13.0 Å². The molecule has 1 aliphatic heterocycles. The molecule has 24 heavy (non-hydrogen) atoms. The summed E-state index contributed by atoms with van der Waals surface area (Å²) in [5.74, 6) is 0.580. The van der Waals surface area contributed by atoms with Gasteiger partial charge in [-0.3, -0.25) is 14.5 Å². The van der Waals surface area contributed by atoms with E-state index in [1.54, 1.807) is 7.05 Å².